The number of rotatable bonds is 10. The molecule has 0 bridgehead atoms. The fourth-order valence-corrected chi connectivity index (χ4v) is 3.36. The van der Waals surface area contributed by atoms with Crippen molar-refractivity contribution >= 4 is 34.7 Å². The van der Waals surface area contributed by atoms with Crippen LogP contribution in [0, 0.1) is 6.92 Å². The third kappa shape index (κ3) is 6.09. The van der Waals surface area contributed by atoms with E-state index in [1.54, 1.807) is 43.5 Å². The van der Waals surface area contributed by atoms with Crippen LogP contribution >= 0.6 is 11.6 Å². The van der Waals surface area contributed by atoms with Crippen molar-refractivity contribution < 1.29 is 19.1 Å². The number of methoxy groups -OCH3 is 1. The van der Waals surface area contributed by atoms with E-state index in [-0.39, 0.29) is 18.2 Å². The van der Waals surface area contributed by atoms with Crippen LogP contribution in [0.15, 0.2) is 66.7 Å². The van der Waals surface area contributed by atoms with Crippen molar-refractivity contribution in [2.75, 3.05) is 37.5 Å². The quantitative estimate of drug-likeness (QED) is 0.336. The number of halogens is 1. The normalized spacial score (nSPS) is 10.5. The molecule has 0 fully saturated rings. The Morgan fingerprint density at radius 3 is 2.44 bits per heavy atom. The highest BCUT2D eigenvalue weighted by Crippen LogP contribution is 2.25. The fourth-order valence-electron chi connectivity index (χ4n) is 3.09. The summed E-state index contributed by atoms with van der Waals surface area (Å²) in [7, 11) is 1.60. The van der Waals surface area contributed by atoms with Gasteiger partial charge in [-0.25, -0.2) is 0 Å². The number of amides is 1. The lowest BCUT2D eigenvalue weighted by molar-refractivity contribution is -0.114. The Balaban J connectivity index is 1.61. The Morgan fingerprint density at radius 2 is 1.69 bits per heavy atom. The summed E-state index contributed by atoms with van der Waals surface area (Å²) in [5, 5.41) is 6.17. The number of nitrogens with one attached hydrogen (secondary N) is 2. The van der Waals surface area contributed by atoms with Crippen molar-refractivity contribution in [1.82, 2.24) is 0 Å². The van der Waals surface area contributed by atoms with Crippen molar-refractivity contribution in [3.63, 3.8) is 0 Å². The molecule has 0 saturated heterocycles. The van der Waals surface area contributed by atoms with E-state index in [2.05, 4.69) is 10.6 Å². The number of carbonyl (C=O) groups excluding carboxylic acids is 2. The lowest BCUT2D eigenvalue weighted by atomic mass is 9.99. The Labute approximate surface area is 192 Å². The van der Waals surface area contributed by atoms with Crippen LogP contribution in [0.25, 0.3) is 0 Å². The van der Waals surface area contributed by atoms with Crippen LogP contribution in [0.2, 0.25) is 5.02 Å². The molecule has 7 heteroatoms. The van der Waals surface area contributed by atoms with Crippen molar-refractivity contribution in [2.24, 2.45) is 0 Å². The second-order valence-electron chi connectivity index (χ2n) is 7.08. The number of benzene rings is 3. The molecule has 1 amide bonds. The van der Waals surface area contributed by atoms with Gasteiger partial charge >= 0.3 is 0 Å². The number of para-hydroxylation sites is 2. The highest BCUT2D eigenvalue weighted by molar-refractivity contribution is 6.35. The molecule has 0 unspecified atom stereocenters. The summed E-state index contributed by atoms with van der Waals surface area (Å²) in [4.78, 5) is 25.2. The van der Waals surface area contributed by atoms with Gasteiger partial charge in [0, 0.05) is 23.9 Å². The van der Waals surface area contributed by atoms with Gasteiger partial charge in [-0.1, -0.05) is 48.0 Å². The number of anilines is 2. The molecule has 6 nitrogen and oxygen atoms in total. The maximum atomic E-state index is 12.8. The van der Waals surface area contributed by atoms with Crippen LogP contribution < -0.4 is 15.4 Å². The van der Waals surface area contributed by atoms with Gasteiger partial charge in [0.15, 0.2) is 5.78 Å². The molecule has 0 aliphatic heterocycles. The van der Waals surface area contributed by atoms with Gasteiger partial charge in [0.1, 0.15) is 12.4 Å². The van der Waals surface area contributed by atoms with Gasteiger partial charge in [-0.05, 0) is 42.8 Å². The smallest absolute Gasteiger partial charge is 0.243 e. The second kappa shape index (κ2) is 11.3. The van der Waals surface area contributed by atoms with Gasteiger partial charge in [0.25, 0.3) is 0 Å². The number of ether oxygens (including phenoxy) is 2. The van der Waals surface area contributed by atoms with Gasteiger partial charge in [-0.15, -0.1) is 0 Å². The Bertz CT molecular complexity index is 1100. The standard InChI is InChI=1S/C25H25ClN2O4/c1-17-7-3-4-8-19(17)25(30)20-12-11-18(15-21(20)26)27-16-24(29)28-22-9-5-6-10-23(22)32-14-13-31-2/h3-12,15,27H,13-14,16H2,1-2H3,(H,28,29). The van der Waals surface area contributed by atoms with E-state index in [0.29, 0.717) is 46.5 Å². The fraction of sp³-hybridized carbons (Fsp3) is 0.200. The first-order chi connectivity index (χ1) is 15.5. The van der Waals surface area contributed by atoms with E-state index in [9.17, 15) is 9.59 Å². The van der Waals surface area contributed by atoms with Crippen molar-refractivity contribution in [1.29, 1.82) is 0 Å². The molecule has 166 valence electrons. The van der Waals surface area contributed by atoms with Crippen LogP contribution in [-0.4, -0.2) is 38.6 Å². The zero-order valence-electron chi connectivity index (χ0n) is 18.0. The lowest BCUT2D eigenvalue weighted by Crippen LogP contribution is -2.22. The molecule has 3 rings (SSSR count). The van der Waals surface area contributed by atoms with Gasteiger partial charge in [0.05, 0.1) is 23.9 Å². The zero-order valence-corrected chi connectivity index (χ0v) is 18.7. The minimum absolute atomic E-state index is 0.0216. The summed E-state index contributed by atoms with van der Waals surface area (Å²) in [6, 6.07) is 19.6. The lowest BCUT2D eigenvalue weighted by Gasteiger charge is -2.13. The van der Waals surface area contributed by atoms with Gasteiger partial charge in [0.2, 0.25) is 5.91 Å². The third-order valence-electron chi connectivity index (χ3n) is 4.76. The minimum Gasteiger partial charge on any atom is -0.489 e. The SMILES string of the molecule is COCCOc1ccccc1NC(=O)CNc1ccc(C(=O)c2ccccc2C)c(Cl)c1. The van der Waals surface area contributed by atoms with Crippen LogP contribution in [0.5, 0.6) is 5.75 Å². The molecule has 3 aromatic rings. The minimum atomic E-state index is -0.246. The van der Waals surface area contributed by atoms with Crippen LogP contribution in [0.4, 0.5) is 11.4 Å². The first-order valence-electron chi connectivity index (χ1n) is 10.1. The highest BCUT2D eigenvalue weighted by atomic mass is 35.5. The Hall–Kier alpha value is -3.35. The predicted octanol–water partition coefficient (Wildman–Crippen LogP) is 4.96. The van der Waals surface area contributed by atoms with Crippen LogP contribution in [-0.2, 0) is 9.53 Å². The molecule has 0 saturated carbocycles. The topological polar surface area (TPSA) is 76.7 Å². The molecule has 32 heavy (non-hydrogen) atoms. The molecule has 3 aromatic carbocycles. The summed E-state index contributed by atoms with van der Waals surface area (Å²) in [6.45, 7) is 2.74. The maximum absolute atomic E-state index is 12.8. The second-order valence-corrected chi connectivity index (χ2v) is 7.49. The van der Waals surface area contributed by atoms with E-state index in [1.165, 1.54) is 0 Å². The highest BCUT2D eigenvalue weighted by Gasteiger charge is 2.15. The van der Waals surface area contributed by atoms with E-state index in [0.717, 1.165) is 5.56 Å². The summed E-state index contributed by atoms with van der Waals surface area (Å²) >= 11 is 6.36. The molecule has 0 aliphatic carbocycles. The Morgan fingerprint density at radius 1 is 0.938 bits per heavy atom. The van der Waals surface area contributed by atoms with Crippen LogP contribution in [0.1, 0.15) is 21.5 Å². The number of carbonyl (C=O) groups is 2. The van der Waals surface area contributed by atoms with E-state index in [1.807, 2.05) is 37.3 Å². The molecule has 0 aromatic heterocycles. The Kier molecular flexibility index (Phi) is 8.25. The third-order valence-corrected chi connectivity index (χ3v) is 5.08. The number of aryl methyl sites for hydroxylation is 1. The number of hydrogen-bond acceptors (Lipinski definition) is 5. The monoisotopic (exact) mass is 452 g/mol. The number of ketones is 1. The molecule has 2 N–H and O–H groups in total. The molecule has 0 radical (unpaired) electrons. The average molecular weight is 453 g/mol. The summed E-state index contributed by atoms with van der Waals surface area (Å²) in [5.41, 5.74) is 3.13. The van der Waals surface area contributed by atoms with Gasteiger partial charge in [-0.2, -0.15) is 0 Å². The molecular formula is C25H25ClN2O4. The van der Waals surface area contributed by atoms with Gasteiger partial charge < -0.3 is 20.1 Å². The van der Waals surface area contributed by atoms with Crippen molar-refractivity contribution in [3.8, 4) is 5.75 Å². The van der Waals surface area contributed by atoms with Crippen molar-refractivity contribution in [3.05, 3.63) is 88.4 Å². The van der Waals surface area contributed by atoms with E-state index >= 15 is 0 Å². The van der Waals surface area contributed by atoms with Crippen molar-refractivity contribution in [2.45, 2.75) is 6.92 Å². The molecule has 0 aliphatic rings. The summed E-state index contributed by atoms with van der Waals surface area (Å²) < 4.78 is 10.6. The zero-order chi connectivity index (χ0) is 22.9. The number of hydrogen-bond donors (Lipinski definition) is 2. The largest absolute Gasteiger partial charge is 0.489 e. The molecule has 0 atom stereocenters. The maximum Gasteiger partial charge on any atom is 0.243 e. The predicted molar refractivity (Wildman–Crippen MR) is 127 cm³/mol. The summed E-state index contributed by atoms with van der Waals surface area (Å²) in [5.74, 6) is 0.187. The van der Waals surface area contributed by atoms with E-state index in [4.69, 9.17) is 21.1 Å². The summed E-state index contributed by atoms with van der Waals surface area (Å²) in [6.07, 6.45) is 0. The molecular weight excluding hydrogens is 428 g/mol. The average Bonchev–Trinajstić information content (AvgIpc) is 2.79. The van der Waals surface area contributed by atoms with E-state index < -0.39 is 0 Å². The molecule has 0 spiro atoms. The molecule has 0 heterocycles. The van der Waals surface area contributed by atoms with Gasteiger partial charge in [-0.3, -0.25) is 9.59 Å². The first-order valence-corrected chi connectivity index (χ1v) is 10.5. The first kappa shape index (κ1) is 23.3. The van der Waals surface area contributed by atoms with Crippen LogP contribution in [0.3, 0.4) is 0 Å².